The summed E-state index contributed by atoms with van der Waals surface area (Å²) in [4.78, 5) is 23.1. The Balaban J connectivity index is 1.92. The molecule has 0 fully saturated rings. The van der Waals surface area contributed by atoms with Crippen LogP contribution in [0.2, 0.25) is 0 Å². The van der Waals surface area contributed by atoms with Crippen LogP contribution in [0.15, 0.2) is 48.5 Å². The molecule has 0 bridgehead atoms. The molecule has 0 aliphatic carbocycles. The molecule has 2 aromatic rings. The molecule has 5 heteroatoms. The zero-order chi connectivity index (χ0) is 17.5. The topological polar surface area (TPSA) is 75.6 Å². The van der Waals surface area contributed by atoms with E-state index in [1.165, 1.54) is 13.8 Å². The molecule has 0 aromatic heterocycles. The van der Waals surface area contributed by atoms with E-state index in [0.717, 1.165) is 0 Å². The number of ether oxygens (including phenoxy) is 1. The van der Waals surface area contributed by atoms with E-state index < -0.39 is 6.10 Å². The summed E-state index contributed by atoms with van der Waals surface area (Å²) in [6.07, 6.45) is -0.787. The minimum absolute atomic E-state index is 0.0412. The molecular formula is C19H21NO4. The number of para-hydroxylation sites is 2. The van der Waals surface area contributed by atoms with Gasteiger partial charge in [-0.3, -0.25) is 9.59 Å². The van der Waals surface area contributed by atoms with Gasteiger partial charge in [-0.25, -0.2) is 0 Å². The van der Waals surface area contributed by atoms with Gasteiger partial charge in [0.25, 0.3) is 0 Å². The van der Waals surface area contributed by atoms with Crippen LogP contribution in [0.1, 0.15) is 34.6 Å². The molecule has 2 aromatic carbocycles. The molecule has 0 aliphatic heterocycles. The highest BCUT2D eigenvalue weighted by molar-refractivity contribution is 5.99. The molecule has 0 radical (unpaired) electrons. The smallest absolute Gasteiger partial charge is 0.163 e. The highest BCUT2D eigenvalue weighted by atomic mass is 16.5. The van der Waals surface area contributed by atoms with Crippen LogP contribution in [0.25, 0.3) is 0 Å². The maximum Gasteiger partial charge on any atom is 0.163 e. The van der Waals surface area contributed by atoms with Gasteiger partial charge in [-0.05, 0) is 38.1 Å². The molecule has 0 heterocycles. The summed E-state index contributed by atoms with van der Waals surface area (Å²) in [5.41, 5.74) is 1.74. The second-order valence-electron chi connectivity index (χ2n) is 5.50. The van der Waals surface area contributed by atoms with Crippen molar-refractivity contribution in [3.05, 3.63) is 59.7 Å². The standard InChI is InChI=1S/C19H21NO4/c1-13(21)16-7-3-5-9-18(16)20-11-15(23)12-24-19-10-6-4-8-17(19)14(2)22/h3-10,15,20,23H,11-12H2,1-2H3. The number of carbonyl (C=O) groups excluding carboxylic acids is 2. The molecule has 24 heavy (non-hydrogen) atoms. The number of carbonyl (C=O) groups is 2. The molecule has 2 N–H and O–H groups in total. The summed E-state index contributed by atoms with van der Waals surface area (Å²) in [6.45, 7) is 3.24. The summed E-state index contributed by atoms with van der Waals surface area (Å²) in [7, 11) is 0. The van der Waals surface area contributed by atoms with Gasteiger partial charge in [0.05, 0.1) is 5.56 Å². The first-order chi connectivity index (χ1) is 11.5. The van der Waals surface area contributed by atoms with Gasteiger partial charge in [-0.15, -0.1) is 0 Å². The number of benzene rings is 2. The lowest BCUT2D eigenvalue weighted by Crippen LogP contribution is -2.27. The maximum atomic E-state index is 11.6. The van der Waals surface area contributed by atoms with Crippen molar-refractivity contribution in [1.29, 1.82) is 0 Å². The first kappa shape index (κ1) is 17.7. The number of aliphatic hydroxyl groups excluding tert-OH is 1. The second kappa shape index (κ2) is 8.26. The van der Waals surface area contributed by atoms with Gasteiger partial charge in [0.1, 0.15) is 18.5 Å². The third kappa shape index (κ3) is 4.67. The number of ketones is 2. The first-order valence-electron chi connectivity index (χ1n) is 7.73. The summed E-state index contributed by atoms with van der Waals surface area (Å²) in [6, 6.07) is 14.1. The molecule has 0 saturated heterocycles. The average Bonchev–Trinajstić information content (AvgIpc) is 2.58. The van der Waals surface area contributed by atoms with Crippen LogP contribution in [-0.2, 0) is 0 Å². The Labute approximate surface area is 141 Å². The van der Waals surface area contributed by atoms with Gasteiger partial charge < -0.3 is 15.2 Å². The molecule has 1 unspecified atom stereocenters. The summed E-state index contributed by atoms with van der Waals surface area (Å²) < 4.78 is 5.55. The van der Waals surface area contributed by atoms with Gasteiger partial charge in [-0.1, -0.05) is 24.3 Å². The quantitative estimate of drug-likeness (QED) is 0.729. The van der Waals surface area contributed by atoms with Crippen LogP contribution in [0, 0.1) is 0 Å². The predicted molar refractivity (Wildman–Crippen MR) is 92.9 cm³/mol. The zero-order valence-electron chi connectivity index (χ0n) is 13.8. The summed E-state index contributed by atoms with van der Waals surface area (Å²) >= 11 is 0. The van der Waals surface area contributed by atoms with E-state index in [1.54, 1.807) is 42.5 Å². The predicted octanol–water partition coefficient (Wildman–Crippen LogP) is 2.94. The van der Waals surface area contributed by atoms with Gasteiger partial charge in [-0.2, -0.15) is 0 Å². The van der Waals surface area contributed by atoms with Crippen LogP contribution in [0.4, 0.5) is 5.69 Å². The number of aliphatic hydroxyl groups is 1. The van der Waals surface area contributed by atoms with Crippen molar-refractivity contribution in [3.8, 4) is 5.75 Å². The lowest BCUT2D eigenvalue weighted by Gasteiger charge is -2.16. The number of nitrogens with one attached hydrogen (secondary N) is 1. The fourth-order valence-electron chi connectivity index (χ4n) is 2.30. The molecule has 2 rings (SSSR count). The minimum atomic E-state index is -0.787. The molecule has 5 nitrogen and oxygen atoms in total. The Bertz CT molecular complexity index is 665. The molecule has 0 amide bonds. The van der Waals surface area contributed by atoms with Crippen LogP contribution in [0.5, 0.6) is 5.75 Å². The lowest BCUT2D eigenvalue weighted by atomic mass is 10.1. The van der Waals surface area contributed by atoms with E-state index in [9.17, 15) is 14.7 Å². The number of rotatable bonds is 8. The normalized spacial score (nSPS) is 11.6. The Kier molecular flexibility index (Phi) is 6.09. The van der Waals surface area contributed by atoms with Crippen LogP contribution in [0.3, 0.4) is 0 Å². The Morgan fingerprint density at radius 3 is 2.25 bits per heavy atom. The van der Waals surface area contributed by atoms with Crippen LogP contribution >= 0.6 is 0 Å². The lowest BCUT2D eigenvalue weighted by molar-refractivity contribution is 0.0991. The molecule has 0 saturated carbocycles. The first-order valence-corrected chi connectivity index (χ1v) is 7.73. The zero-order valence-corrected chi connectivity index (χ0v) is 13.8. The third-order valence-corrected chi connectivity index (χ3v) is 3.53. The van der Waals surface area contributed by atoms with E-state index in [-0.39, 0.29) is 24.7 Å². The minimum Gasteiger partial charge on any atom is -0.490 e. The van der Waals surface area contributed by atoms with Gasteiger partial charge in [0.2, 0.25) is 0 Å². The average molecular weight is 327 g/mol. The van der Waals surface area contributed by atoms with E-state index in [4.69, 9.17) is 4.74 Å². The molecule has 0 spiro atoms. The summed E-state index contributed by atoms with van der Waals surface area (Å²) in [5, 5.41) is 13.1. The highest BCUT2D eigenvalue weighted by Gasteiger charge is 2.12. The molecule has 126 valence electrons. The number of hydrogen-bond donors (Lipinski definition) is 2. The Hall–Kier alpha value is -2.66. The number of hydrogen-bond acceptors (Lipinski definition) is 5. The van der Waals surface area contributed by atoms with Crippen LogP contribution in [-0.4, -0.2) is 35.9 Å². The van der Waals surface area contributed by atoms with Gasteiger partial charge in [0, 0.05) is 17.8 Å². The third-order valence-electron chi connectivity index (χ3n) is 3.53. The van der Waals surface area contributed by atoms with Crippen molar-refractivity contribution in [2.24, 2.45) is 0 Å². The van der Waals surface area contributed by atoms with Crippen molar-refractivity contribution < 1.29 is 19.4 Å². The maximum absolute atomic E-state index is 11.6. The second-order valence-corrected chi connectivity index (χ2v) is 5.50. The van der Waals surface area contributed by atoms with E-state index >= 15 is 0 Å². The summed E-state index contributed by atoms with van der Waals surface area (Å²) in [5.74, 6) is 0.320. The highest BCUT2D eigenvalue weighted by Crippen LogP contribution is 2.19. The van der Waals surface area contributed by atoms with Gasteiger partial charge in [0.15, 0.2) is 11.6 Å². The van der Waals surface area contributed by atoms with E-state index in [2.05, 4.69) is 5.32 Å². The van der Waals surface area contributed by atoms with Crippen molar-refractivity contribution in [2.75, 3.05) is 18.5 Å². The van der Waals surface area contributed by atoms with Crippen molar-refractivity contribution in [1.82, 2.24) is 0 Å². The molecular weight excluding hydrogens is 306 g/mol. The Morgan fingerprint density at radius 1 is 1.00 bits per heavy atom. The molecule has 1 atom stereocenters. The monoisotopic (exact) mass is 327 g/mol. The van der Waals surface area contributed by atoms with Crippen molar-refractivity contribution in [2.45, 2.75) is 20.0 Å². The van der Waals surface area contributed by atoms with Crippen LogP contribution < -0.4 is 10.1 Å². The fraction of sp³-hybridized carbons (Fsp3) is 0.263. The van der Waals surface area contributed by atoms with Crippen molar-refractivity contribution in [3.63, 3.8) is 0 Å². The number of anilines is 1. The largest absolute Gasteiger partial charge is 0.490 e. The Morgan fingerprint density at radius 2 is 1.58 bits per heavy atom. The SMILES string of the molecule is CC(=O)c1ccccc1NCC(O)COc1ccccc1C(C)=O. The van der Waals surface area contributed by atoms with E-state index in [0.29, 0.717) is 22.6 Å². The molecule has 0 aliphatic rings. The number of Topliss-reactive ketones (excluding diaryl/α,β-unsaturated/α-hetero) is 2. The van der Waals surface area contributed by atoms with Gasteiger partial charge >= 0.3 is 0 Å². The fourth-order valence-corrected chi connectivity index (χ4v) is 2.30. The van der Waals surface area contributed by atoms with E-state index in [1.807, 2.05) is 6.07 Å². The van der Waals surface area contributed by atoms with Crippen molar-refractivity contribution >= 4 is 17.3 Å².